The summed E-state index contributed by atoms with van der Waals surface area (Å²) in [6.07, 6.45) is 0.955. The molecule has 1 aromatic rings. The highest BCUT2D eigenvalue weighted by atomic mass is 19.1. The Morgan fingerprint density at radius 3 is 2.87 bits per heavy atom. The third-order valence-corrected chi connectivity index (χ3v) is 2.24. The molecule has 0 saturated carbocycles. The van der Waals surface area contributed by atoms with Gasteiger partial charge in [-0.15, -0.1) is 0 Å². The van der Waals surface area contributed by atoms with Gasteiger partial charge in [-0.25, -0.2) is 4.39 Å². The number of methoxy groups -OCH3 is 1. The highest BCUT2D eigenvalue weighted by Gasteiger charge is 2.12. The van der Waals surface area contributed by atoms with Crippen molar-refractivity contribution in [2.45, 2.75) is 19.8 Å². The molecule has 0 unspecified atom stereocenters. The van der Waals surface area contributed by atoms with E-state index in [1.165, 1.54) is 6.07 Å². The topological polar surface area (TPSA) is 26.3 Å². The standard InChI is InChI=1S/C12H15FO2/c1-9-5-3-6-10(12(9)13)11(14)7-4-8-15-2/h3,5-6H,4,7-8H2,1-2H3. The first-order chi connectivity index (χ1) is 7.16. The zero-order valence-electron chi connectivity index (χ0n) is 9.05. The molecule has 1 aromatic carbocycles. The first-order valence-electron chi connectivity index (χ1n) is 4.94. The van der Waals surface area contributed by atoms with Crippen LogP contribution in [0.3, 0.4) is 0 Å². The first kappa shape index (κ1) is 11.9. The van der Waals surface area contributed by atoms with Gasteiger partial charge in [-0.3, -0.25) is 4.79 Å². The molecule has 0 atom stereocenters. The summed E-state index contributed by atoms with van der Waals surface area (Å²) in [6, 6.07) is 4.88. The summed E-state index contributed by atoms with van der Waals surface area (Å²) in [5.74, 6) is -0.562. The van der Waals surface area contributed by atoms with Gasteiger partial charge in [-0.2, -0.15) is 0 Å². The maximum atomic E-state index is 13.5. The Morgan fingerprint density at radius 1 is 1.47 bits per heavy atom. The number of carbonyl (C=O) groups excluding carboxylic acids is 1. The Balaban J connectivity index is 2.69. The number of halogens is 1. The number of Topliss-reactive ketones (excluding diaryl/α,β-unsaturated/α-hetero) is 1. The highest BCUT2D eigenvalue weighted by molar-refractivity contribution is 5.96. The van der Waals surface area contributed by atoms with Crippen LogP contribution < -0.4 is 0 Å². The van der Waals surface area contributed by atoms with Crippen LogP contribution in [-0.2, 0) is 4.74 Å². The molecule has 82 valence electrons. The number of ketones is 1. The van der Waals surface area contributed by atoms with Crippen LogP contribution in [0.5, 0.6) is 0 Å². The molecule has 0 heterocycles. The van der Waals surface area contributed by atoms with E-state index in [4.69, 9.17) is 4.74 Å². The molecule has 0 amide bonds. The fraction of sp³-hybridized carbons (Fsp3) is 0.417. The van der Waals surface area contributed by atoms with E-state index in [1.807, 2.05) is 0 Å². The fourth-order valence-corrected chi connectivity index (χ4v) is 1.37. The fourth-order valence-electron chi connectivity index (χ4n) is 1.37. The van der Waals surface area contributed by atoms with Gasteiger partial charge in [0, 0.05) is 20.1 Å². The number of aryl methyl sites for hydroxylation is 1. The average Bonchev–Trinajstić information content (AvgIpc) is 2.22. The summed E-state index contributed by atoms with van der Waals surface area (Å²) >= 11 is 0. The van der Waals surface area contributed by atoms with Crippen molar-refractivity contribution in [3.05, 3.63) is 35.1 Å². The molecule has 0 fully saturated rings. The van der Waals surface area contributed by atoms with Crippen LogP contribution in [0.2, 0.25) is 0 Å². The van der Waals surface area contributed by atoms with E-state index in [-0.39, 0.29) is 11.3 Å². The second kappa shape index (κ2) is 5.61. The second-order valence-corrected chi connectivity index (χ2v) is 3.46. The minimum atomic E-state index is -0.403. The molecule has 0 aromatic heterocycles. The zero-order chi connectivity index (χ0) is 11.3. The lowest BCUT2D eigenvalue weighted by molar-refractivity contribution is 0.0959. The monoisotopic (exact) mass is 210 g/mol. The van der Waals surface area contributed by atoms with Gasteiger partial charge in [-0.1, -0.05) is 12.1 Å². The lowest BCUT2D eigenvalue weighted by atomic mass is 10.0. The SMILES string of the molecule is COCCCC(=O)c1cccc(C)c1F. The summed E-state index contributed by atoms with van der Waals surface area (Å²) in [7, 11) is 1.58. The number of benzene rings is 1. The zero-order valence-corrected chi connectivity index (χ0v) is 9.05. The Kier molecular flexibility index (Phi) is 4.43. The van der Waals surface area contributed by atoms with E-state index in [1.54, 1.807) is 26.2 Å². The quantitative estimate of drug-likeness (QED) is 0.551. The van der Waals surface area contributed by atoms with Gasteiger partial charge >= 0.3 is 0 Å². The van der Waals surface area contributed by atoms with Gasteiger partial charge in [-0.05, 0) is 25.0 Å². The Morgan fingerprint density at radius 2 is 2.20 bits per heavy atom. The van der Waals surface area contributed by atoms with Crippen LogP contribution in [0.15, 0.2) is 18.2 Å². The first-order valence-corrected chi connectivity index (χ1v) is 4.94. The second-order valence-electron chi connectivity index (χ2n) is 3.46. The maximum absolute atomic E-state index is 13.5. The van der Waals surface area contributed by atoms with Crippen LogP contribution in [0.25, 0.3) is 0 Å². The molecule has 0 radical (unpaired) electrons. The average molecular weight is 210 g/mol. The molecule has 2 nitrogen and oxygen atoms in total. The predicted molar refractivity (Wildman–Crippen MR) is 56.6 cm³/mol. The summed E-state index contributed by atoms with van der Waals surface area (Å²) in [5, 5.41) is 0. The maximum Gasteiger partial charge on any atom is 0.165 e. The number of hydrogen-bond acceptors (Lipinski definition) is 2. The van der Waals surface area contributed by atoms with Crippen molar-refractivity contribution >= 4 is 5.78 Å². The summed E-state index contributed by atoms with van der Waals surface area (Å²) < 4.78 is 18.3. The van der Waals surface area contributed by atoms with Crippen molar-refractivity contribution in [3.8, 4) is 0 Å². The molecule has 0 bridgehead atoms. The Labute approximate surface area is 89.1 Å². The third kappa shape index (κ3) is 3.13. The summed E-state index contributed by atoms with van der Waals surface area (Å²) in [6.45, 7) is 2.18. The van der Waals surface area contributed by atoms with E-state index in [0.717, 1.165) is 0 Å². The van der Waals surface area contributed by atoms with Crippen molar-refractivity contribution < 1.29 is 13.9 Å². The minimum absolute atomic E-state index is 0.159. The van der Waals surface area contributed by atoms with E-state index in [0.29, 0.717) is 25.0 Å². The molecular weight excluding hydrogens is 195 g/mol. The predicted octanol–water partition coefficient (Wildman–Crippen LogP) is 2.74. The van der Waals surface area contributed by atoms with E-state index < -0.39 is 5.82 Å². The number of carbonyl (C=O) groups is 1. The number of ether oxygens (including phenoxy) is 1. The molecule has 0 aliphatic rings. The molecule has 0 aliphatic carbocycles. The third-order valence-electron chi connectivity index (χ3n) is 2.24. The number of hydrogen-bond donors (Lipinski definition) is 0. The highest BCUT2D eigenvalue weighted by Crippen LogP contribution is 2.14. The molecule has 0 aliphatic heterocycles. The minimum Gasteiger partial charge on any atom is -0.385 e. The molecular formula is C12H15FO2. The normalized spacial score (nSPS) is 10.3. The molecule has 1 rings (SSSR count). The molecule has 15 heavy (non-hydrogen) atoms. The van der Waals surface area contributed by atoms with Crippen molar-refractivity contribution in [1.29, 1.82) is 0 Å². The van der Waals surface area contributed by atoms with Crippen LogP contribution in [0.1, 0.15) is 28.8 Å². The van der Waals surface area contributed by atoms with Crippen molar-refractivity contribution in [2.75, 3.05) is 13.7 Å². The van der Waals surface area contributed by atoms with Gasteiger partial charge in [0.2, 0.25) is 0 Å². The van der Waals surface area contributed by atoms with Crippen molar-refractivity contribution in [2.24, 2.45) is 0 Å². The van der Waals surface area contributed by atoms with Gasteiger partial charge in [0.15, 0.2) is 5.78 Å². The lowest BCUT2D eigenvalue weighted by Gasteiger charge is -2.04. The van der Waals surface area contributed by atoms with Crippen LogP contribution in [0, 0.1) is 12.7 Å². The summed E-state index contributed by atoms with van der Waals surface area (Å²) in [4.78, 5) is 11.6. The van der Waals surface area contributed by atoms with Crippen molar-refractivity contribution in [1.82, 2.24) is 0 Å². The Bertz CT molecular complexity index is 347. The van der Waals surface area contributed by atoms with E-state index >= 15 is 0 Å². The Hall–Kier alpha value is -1.22. The summed E-state index contributed by atoms with van der Waals surface area (Å²) in [5.41, 5.74) is 0.693. The van der Waals surface area contributed by atoms with Crippen LogP contribution in [-0.4, -0.2) is 19.5 Å². The van der Waals surface area contributed by atoms with Crippen LogP contribution >= 0.6 is 0 Å². The lowest BCUT2D eigenvalue weighted by Crippen LogP contribution is -2.05. The van der Waals surface area contributed by atoms with E-state index in [9.17, 15) is 9.18 Å². The van der Waals surface area contributed by atoms with Gasteiger partial charge in [0.1, 0.15) is 5.82 Å². The number of rotatable bonds is 5. The molecule has 0 N–H and O–H groups in total. The van der Waals surface area contributed by atoms with Gasteiger partial charge in [0.25, 0.3) is 0 Å². The van der Waals surface area contributed by atoms with Gasteiger partial charge < -0.3 is 4.74 Å². The molecule has 0 saturated heterocycles. The largest absolute Gasteiger partial charge is 0.385 e. The van der Waals surface area contributed by atoms with Crippen LogP contribution in [0.4, 0.5) is 4.39 Å². The van der Waals surface area contributed by atoms with Crippen molar-refractivity contribution in [3.63, 3.8) is 0 Å². The van der Waals surface area contributed by atoms with Gasteiger partial charge in [0.05, 0.1) is 5.56 Å². The molecule has 0 spiro atoms. The van der Waals surface area contributed by atoms with E-state index in [2.05, 4.69) is 0 Å². The molecule has 3 heteroatoms. The smallest absolute Gasteiger partial charge is 0.165 e.